The van der Waals surface area contributed by atoms with Gasteiger partial charge in [0.1, 0.15) is 0 Å². The Balaban J connectivity index is 1.58. The second-order valence-corrected chi connectivity index (χ2v) is 9.53. The van der Waals surface area contributed by atoms with Crippen LogP contribution in [0.3, 0.4) is 0 Å². The first kappa shape index (κ1) is 22.0. The molecule has 1 aromatic rings. The summed E-state index contributed by atoms with van der Waals surface area (Å²) >= 11 is 0. The topological polar surface area (TPSA) is 60.9 Å². The molecule has 0 spiro atoms. The first-order valence-electron chi connectivity index (χ1n) is 9.75. The molecule has 0 saturated carbocycles. The number of alkyl halides is 3. The van der Waals surface area contributed by atoms with Crippen LogP contribution < -0.4 is 0 Å². The van der Waals surface area contributed by atoms with E-state index in [-0.39, 0.29) is 49.9 Å². The Hall–Kier alpha value is -1.65. The number of benzene rings is 1. The van der Waals surface area contributed by atoms with E-state index in [1.165, 1.54) is 16.4 Å². The van der Waals surface area contributed by atoms with E-state index in [2.05, 4.69) is 0 Å². The minimum absolute atomic E-state index is 0.0942. The number of sulfonamides is 1. The summed E-state index contributed by atoms with van der Waals surface area (Å²) in [5.74, 6) is -1.65. The van der Waals surface area contributed by atoms with Crippen molar-refractivity contribution >= 4 is 15.9 Å². The van der Waals surface area contributed by atoms with Gasteiger partial charge in [-0.15, -0.1) is 0 Å². The molecule has 2 aliphatic heterocycles. The number of carbonyl (C=O) groups is 1. The van der Waals surface area contributed by atoms with Gasteiger partial charge < -0.3 is 4.90 Å². The Labute approximate surface area is 169 Å². The number of likely N-dealkylation sites (tertiary alicyclic amines) is 1. The lowest BCUT2D eigenvalue weighted by Gasteiger charge is -2.40. The maximum absolute atomic E-state index is 13.0. The number of amides is 1. The molecule has 2 heterocycles. The summed E-state index contributed by atoms with van der Waals surface area (Å²) in [6.07, 6.45) is -3.75. The molecule has 2 fully saturated rings. The average molecular weight is 433 g/mol. The maximum Gasteiger partial charge on any atom is 0.393 e. The van der Waals surface area contributed by atoms with Crippen LogP contribution in [0.4, 0.5) is 13.2 Å². The number of carbonyl (C=O) groups excluding carboxylic acids is 1. The number of piperidine rings is 1. The number of hydrogen-bond acceptors (Lipinski definition) is 4. The van der Waals surface area contributed by atoms with Crippen LogP contribution in [0.2, 0.25) is 0 Å². The van der Waals surface area contributed by atoms with Crippen molar-refractivity contribution in [3.8, 4) is 0 Å². The van der Waals surface area contributed by atoms with Crippen molar-refractivity contribution < 1.29 is 26.4 Å². The fourth-order valence-electron chi connectivity index (χ4n) is 3.94. The van der Waals surface area contributed by atoms with Gasteiger partial charge in [-0.25, -0.2) is 8.42 Å². The third-order valence-corrected chi connectivity index (χ3v) is 7.66. The summed E-state index contributed by atoms with van der Waals surface area (Å²) in [6, 6.07) is 7.45. The monoisotopic (exact) mass is 433 g/mol. The first-order valence-corrected chi connectivity index (χ1v) is 11.2. The van der Waals surface area contributed by atoms with Crippen LogP contribution in [0.1, 0.15) is 19.8 Å². The molecule has 162 valence electrons. The van der Waals surface area contributed by atoms with Crippen molar-refractivity contribution in [2.45, 2.75) is 36.9 Å². The van der Waals surface area contributed by atoms with Gasteiger partial charge in [-0.1, -0.05) is 18.2 Å². The van der Waals surface area contributed by atoms with E-state index >= 15 is 0 Å². The number of halogens is 3. The minimum Gasteiger partial charge on any atom is -0.339 e. The van der Waals surface area contributed by atoms with Gasteiger partial charge in [0, 0.05) is 32.7 Å². The molecule has 2 unspecified atom stereocenters. The number of piperazine rings is 1. The molecule has 0 aromatic heterocycles. The first-order chi connectivity index (χ1) is 13.6. The van der Waals surface area contributed by atoms with Gasteiger partial charge >= 0.3 is 6.18 Å². The molecule has 0 N–H and O–H groups in total. The lowest BCUT2D eigenvalue weighted by atomic mass is 9.96. The summed E-state index contributed by atoms with van der Waals surface area (Å²) in [6.45, 7) is 2.72. The highest BCUT2D eigenvalue weighted by Crippen LogP contribution is 2.33. The summed E-state index contributed by atoms with van der Waals surface area (Å²) in [4.78, 5) is 16.2. The fraction of sp³-hybridized carbons (Fsp3) is 0.632. The van der Waals surface area contributed by atoms with E-state index in [1.54, 1.807) is 34.9 Å². The molecular formula is C19H26F3N3O3S. The van der Waals surface area contributed by atoms with Crippen LogP contribution >= 0.6 is 0 Å². The highest BCUT2D eigenvalue weighted by atomic mass is 32.2. The van der Waals surface area contributed by atoms with E-state index in [0.29, 0.717) is 13.0 Å². The maximum atomic E-state index is 13.0. The van der Waals surface area contributed by atoms with Crippen molar-refractivity contribution in [3.63, 3.8) is 0 Å². The van der Waals surface area contributed by atoms with Crippen LogP contribution in [0.5, 0.6) is 0 Å². The van der Waals surface area contributed by atoms with E-state index in [0.717, 1.165) is 0 Å². The second kappa shape index (κ2) is 8.61. The van der Waals surface area contributed by atoms with E-state index in [9.17, 15) is 26.4 Å². The highest BCUT2D eigenvalue weighted by molar-refractivity contribution is 7.89. The van der Waals surface area contributed by atoms with Gasteiger partial charge in [0.05, 0.1) is 16.9 Å². The predicted molar refractivity (Wildman–Crippen MR) is 102 cm³/mol. The zero-order valence-electron chi connectivity index (χ0n) is 16.3. The third-order valence-electron chi connectivity index (χ3n) is 5.75. The molecule has 6 nitrogen and oxygen atoms in total. The standard InChI is InChI=1S/C19H26F3N3O3S/c1-15(24-9-5-6-16(14-24)19(20,21)22)18(26)23-10-12-25(13-11-23)29(27,28)17-7-3-2-4-8-17/h2-4,7-8,15-16H,5-6,9-14H2,1H3. The van der Waals surface area contributed by atoms with Gasteiger partial charge in [0.2, 0.25) is 15.9 Å². The molecule has 0 bridgehead atoms. The highest BCUT2D eigenvalue weighted by Gasteiger charge is 2.43. The Morgan fingerprint density at radius 1 is 1.07 bits per heavy atom. The molecule has 1 aromatic carbocycles. The Morgan fingerprint density at radius 3 is 2.28 bits per heavy atom. The molecule has 10 heteroatoms. The fourth-order valence-corrected chi connectivity index (χ4v) is 5.38. The molecule has 2 aliphatic rings. The SMILES string of the molecule is CC(C(=O)N1CCN(S(=O)(=O)c2ccccc2)CC1)N1CCCC(C(F)(F)F)C1. The molecule has 0 radical (unpaired) electrons. The number of rotatable bonds is 4. The number of hydrogen-bond donors (Lipinski definition) is 0. The van der Waals surface area contributed by atoms with Gasteiger partial charge in [-0.3, -0.25) is 9.69 Å². The van der Waals surface area contributed by atoms with E-state index in [1.807, 2.05) is 0 Å². The zero-order valence-corrected chi connectivity index (χ0v) is 17.1. The van der Waals surface area contributed by atoms with Crippen LogP contribution in [0.15, 0.2) is 35.2 Å². The Bertz CT molecular complexity index is 809. The van der Waals surface area contributed by atoms with Crippen LogP contribution in [-0.4, -0.2) is 79.9 Å². The van der Waals surface area contributed by atoms with Crippen molar-refractivity contribution in [1.29, 1.82) is 0 Å². The molecule has 2 saturated heterocycles. The number of nitrogens with zero attached hydrogens (tertiary/aromatic N) is 3. The molecule has 0 aliphatic carbocycles. The van der Waals surface area contributed by atoms with Crippen molar-refractivity contribution in [3.05, 3.63) is 30.3 Å². The summed E-state index contributed by atoms with van der Waals surface area (Å²) in [5.41, 5.74) is 0. The largest absolute Gasteiger partial charge is 0.393 e. The average Bonchev–Trinajstić information content (AvgIpc) is 2.73. The molecule has 3 rings (SSSR count). The summed E-state index contributed by atoms with van der Waals surface area (Å²) in [7, 11) is -3.62. The van der Waals surface area contributed by atoms with Crippen molar-refractivity contribution in [1.82, 2.24) is 14.1 Å². The van der Waals surface area contributed by atoms with Crippen molar-refractivity contribution in [2.75, 3.05) is 39.3 Å². The summed E-state index contributed by atoms with van der Waals surface area (Å²) < 4.78 is 65.8. The second-order valence-electron chi connectivity index (χ2n) is 7.59. The Kier molecular flexibility index (Phi) is 6.54. The van der Waals surface area contributed by atoms with Crippen LogP contribution in [0.25, 0.3) is 0 Å². The smallest absolute Gasteiger partial charge is 0.339 e. The van der Waals surface area contributed by atoms with Crippen LogP contribution in [-0.2, 0) is 14.8 Å². The van der Waals surface area contributed by atoms with Gasteiger partial charge in [-0.05, 0) is 38.4 Å². The Morgan fingerprint density at radius 2 is 1.69 bits per heavy atom. The molecule has 29 heavy (non-hydrogen) atoms. The minimum atomic E-state index is -4.25. The molecular weight excluding hydrogens is 407 g/mol. The van der Waals surface area contributed by atoms with Gasteiger partial charge in [-0.2, -0.15) is 17.5 Å². The van der Waals surface area contributed by atoms with Gasteiger partial charge in [0.25, 0.3) is 0 Å². The summed E-state index contributed by atoms with van der Waals surface area (Å²) in [5, 5.41) is 0. The lowest BCUT2D eigenvalue weighted by molar-refractivity contribution is -0.189. The third kappa shape index (κ3) is 4.92. The van der Waals surface area contributed by atoms with E-state index < -0.39 is 28.2 Å². The molecule has 2 atom stereocenters. The predicted octanol–water partition coefficient (Wildman–Crippen LogP) is 2.18. The van der Waals surface area contributed by atoms with Crippen molar-refractivity contribution in [2.24, 2.45) is 5.92 Å². The zero-order chi connectivity index (χ0) is 21.2. The van der Waals surface area contributed by atoms with Gasteiger partial charge in [0.15, 0.2) is 0 Å². The quantitative estimate of drug-likeness (QED) is 0.730. The lowest BCUT2D eigenvalue weighted by Crippen LogP contribution is -2.56. The van der Waals surface area contributed by atoms with Crippen LogP contribution in [0, 0.1) is 5.92 Å². The molecule has 1 amide bonds. The van der Waals surface area contributed by atoms with E-state index in [4.69, 9.17) is 0 Å². The normalized spacial score (nSPS) is 23.7.